The first-order valence-electron chi connectivity index (χ1n) is 10.2. The molecule has 13 heteroatoms. The molecule has 2 N–H and O–H groups in total. The Balaban J connectivity index is 1.69. The topological polar surface area (TPSA) is 121 Å². The van der Waals surface area contributed by atoms with E-state index < -0.39 is 41.2 Å². The van der Waals surface area contributed by atoms with E-state index in [4.69, 9.17) is 0 Å². The van der Waals surface area contributed by atoms with Crippen LogP contribution in [0.15, 0.2) is 55.2 Å². The van der Waals surface area contributed by atoms with Crippen molar-refractivity contribution in [3.8, 4) is 5.75 Å². The number of nitrogens with zero attached hydrogens (tertiary/aromatic N) is 4. The van der Waals surface area contributed by atoms with E-state index >= 15 is 0 Å². The Morgan fingerprint density at radius 1 is 1.14 bits per heavy atom. The van der Waals surface area contributed by atoms with Crippen molar-refractivity contribution in [2.75, 3.05) is 10.2 Å². The number of halogens is 3. The van der Waals surface area contributed by atoms with E-state index in [2.05, 4.69) is 25.0 Å². The standard InChI is InChI=1S/C22H19F3N6O4/c1-21(2)19(33)31(20(34)30(21)11-13-5-7-26-8-6-13)14-3-4-17(35-22(23,24)25)15(9-14)29-18(32)16-10-27-12-28-16/h3-10,12H,11H2,1-2H3,(H,27,28)(H,29,32). The lowest BCUT2D eigenvalue weighted by atomic mass is 10.0. The number of benzene rings is 1. The molecule has 0 bridgehead atoms. The van der Waals surface area contributed by atoms with Crippen molar-refractivity contribution in [3.63, 3.8) is 0 Å². The molecule has 1 fully saturated rings. The summed E-state index contributed by atoms with van der Waals surface area (Å²) in [7, 11) is 0. The van der Waals surface area contributed by atoms with Gasteiger partial charge in [-0.2, -0.15) is 0 Å². The van der Waals surface area contributed by atoms with Crippen molar-refractivity contribution in [2.45, 2.75) is 32.3 Å². The number of pyridine rings is 1. The average molecular weight is 488 g/mol. The number of urea groups is 1. The molecule has 0 spiro atoms. The lowest BCUT2D eigenvalue weighted by molar-refractivity contribution is -0.274. The van der Waals surface area contributed by atoms with Crippen LogP contribution in [0.4, 0.5) is 29.3 Å². The molecule has 1 aromatic carbocycles. The number of alkyl halides is 3. The summed E-state index contributed by atoms with van der Waals surface area (Å²) in [6, 6.07) is 5.84. The summed E-state index contributed by atoms with van der Waals surface area (Å²) in [6.07, 6.45) is 0.459. The number of amides is 4. The fraction of sp³-hybridized carbons (Fsp3) is 0.227. The minimum absolute atomic E-state index is 0.0219. The lowest BCUT2D eigenvalue weighted by Crippen LogP contribution is -2.43. The van der Waals surface area contributed by atoms with Gasteiger partial charge in [0.15, 0.2) is 5.75 Å². The molecule has 1 aliphatic heterocycles. The summed E-state index contributed by atoms with van der Waals surface area (Å²) < 4.78 is 42.8. The van der Waals surface area contributed by atoms with Crippen LogP contribution >= 0.6 is 0 Å². The summed E-state index contributed by atoms with van der Waals surface area (Å²) in [6.45, 7) is 3.24. The molecule has 0 atom stereocenters. The third kappa shape index (κ3) is 4.78. The van der Waals surface area contributed by atoms with E-state index in [1.807, 2.05) is 0 Å². The molecule has 4 rings (SSSR count). The van der Waals surface area contributed by atoms with E-state index in [-0.39, 0.29) is 17.9 Å². The van der Waals surface area contributed by atoms with Crippen molar-refractivity contribution >= 4 is 29.2 Å². The first-order chi connectivity index (χ1) is 16.5. The second kappa shape index (κ2) is 8.74. The third-order valence-electron chi connectivity index (χ3n) is 5.35. The minimum Gasteiger partial charge on any atom is -0.404 e. The van der Waals surface area contributed by atoms with Crippen LogP contribution < -0.4 is 15.0 Å². The number of ether oxygens (including phenoxy) is 1. The van der Waals surface area contributed by atoms with Gasteiger partial charge in [0, 0.05) is 18.9 Å². The monoisotopic (exact) mass is 488 g/mol. The molecular weight excluding hydrogens is 469 g/mol. The third-order valence-corrected chi connectivity index (χ3v) is 5.35. The van der Waals surface area contributed by atoms with Crippen LogP contribution in [0, 0.1) is 0 Å². The lowest BCUT2D eigenvalue weighted by Gasteiger charge is -2.27. The molecule has 0 radical (unpaired) electrons. The Kier molecular flexibility index (Phi) is 5.92. The van der Waals surface area contributed by atoms with E-state index in [1.54, 1.807) is 38.4 Å². The SMILES string of the molecule is CC1(C)C(=O)N(c2ccc(OC(F)(F)F)c(NC(=O)c3cnc[nH]3)c2)C(=O)N1Cc1ccncc1. The molecule has 2 aromatic heterocycles. The average Bonchev–Trinajstić information content (AvgIpc) is 3.38. The Morgan fingerprint density at radius 3 is 2.49 bits per heavy atom. The molecule has 1 saturated heterocycles. The maximum absolute atomic E-state index is 13.3. The minimum atomic E-state index is -5.04. The van der Waals surface area contributed by atoms with Gasteiger partial charge in [-0.25, -0.2) is 14.7 Å². The van der Waals surface area contributed by atoms with Gasteiger partial charge in [0.2, 0.25) is 0 Å². The highest BCUT2D eigenvalue weighted by Crippen LogP contribution is 2.38. The molecule has 3 heterocycles. The van der Waals surface area contributed by atoms with Crippen LogP contribution in [-0.2, 0) is 11.3 Å². The smallest absolute Gasteiger partial charge is 0.404 e. The molecular formula is C22H19F3N6O4. The number of anilines is 2. The van der Waals surface area contributed by atoms with Crippen LogP contribution in [0.3, 0.4) is 0 Å². The number of imide groups is 1. The predicted octanol–water partition coefficient (Wildman–Crippen LogP) is 3.70. The number of imidazole rings is 1. The normalized spacial score (nSPS) is 15.5. The largest absolute Gasteiger partial charge is 0.573 e. The van der Waals surface area contributed by atoms with Gasteiger partial charge < -0.3 is 19.9 Å². The fourth-order valence-electron chi connectivity index (χ4n) is 3.54. The fourth-order valence-corrected chi connectivity index (χ4v) is 3.54. The predicted molar refractivity (Wildman–Crippen MR) is 116 cm³/mol. The molecule has 1 aliphatic rings. The molecule has 10 nitrogen and oxygen atoms in total. The van der Waals surface area contributed by atoms with Crippen molar-refractivity contribution < 1.29 is 32.3 Å². The van der Waals surface area contributed by atoms with E-state index in [0.29, 0.717) is 0 Å². The van der Waals surface area contributed by atoms with Gasteiger partial charge in [0.25, 0.3) is 11.8 Å². The summed E-state index contributed by atoms with van der Waals surface area (Å²) >= 11 is 0. The zero-order valence-corrected chi connectivity index (χ0v) is 18.5. The van der Waals surface area contributed by atoms with E-state index in [1.165, 1.54) is 17.4 Å². The molecule has 0 aliphatic carbocycles. The Labute approximate surface area is 196 Å². The summed E-state index contributed by atoms with van der Waals surface area (Å²) in [5.74, 6) is -2.11. The molecule has 4 amide bonds. The zero-order valence-electron chi connectivity index (χ0n) is 18.5. The number of hydrogen-bond donors (Lipinski definition) is 2. The van der Waals surface area contributed by atoms with Gasteiger partial charge in [0.05, 0.1) is 23.9 Å². The highest BCUT2D eigenvalue weighted by molar-refractivity contribution is 6.23. The quantitative estimate of drug-likeness (QED) is 0.511. The summed E-state index contributed by atoms with van der Waals surface area (Å²) in [4.78, 5) is 51.3. The van der Waals surface area contributed by atoms with Crippen molar-refractivity contribution in [2.24, 2.45) is 0 Å². The van der Waals surface area contributed by atoms with Gasteiger partial charge in [-0.05, 0) is 49.7 Å². The van der Waals surface area contributed by atoms with Gasteiger partial charge in [0.1, 0.15) is 11.2 Å². The zero-order chi connectivity index (χ0) is 25.4. The number of rotatable bonds is 6. The van der Waals surface area contributed by atoms with E-state index in [0.717, 1.165) is 28.7 Å². The van der Waals surface area contributed by atoms with Crippen LogP contribution in [0.1, 0.15) is 29.9 Å². The number of nitrogens with one attached hydrogen (secondary N) is 2. The number of hydrogen-bond acceptors (Lipinski definition) is 6. The molecule has 3 aromatic rings. The van der Waals surface area contributed by atoms with Gasteiger partial charge in [-0.1, -0.05) is 0 Å². The Hall–Kier alpha value is -4.42. The van der Waals surface area contributed by atoms with Crippen LogP contribution in [0.2, 0.25) is 0 Å². The maximum Gasteiger partial charge on any atom is 0.573 e. The van der Waals surface area contributed by atoms with Gasteiger partial charge in [-0.3, -0.25) is 14.6 Å². The van der Waals surface area contributed by atoms with Crippen molar-refractivity contribution in [3.05, 3.63) is 66.5 Å². The second-order valence-electron chi connectivity index (χ2n) is 8.07. The molecule has 0 unspecified atom stereocenters. The number of carbonyl (C=O) groups is 3. The Morgan fingerprint density at radius 2 is 1.86 bits per heavy atom. The molecule has 0 saturated carbocycles. The number of carbonyl (C=O) groups excluding carboxylic acids is 3. The maximum atomic E-state index is 13.3. The van der Waals surface area contributed by atoms with Crippen LogP contribution in [0.5, 0.6) is 5.75 Å². The van der Waals surface area contributed by atoms with Crippen molar-refractivity contribution in [1.82, 2.24) is 19.9 Å². The second-order valence-corrected chi connectivity index (χ2v) is 8.07. The van der Waals surface area contributed by atoms with Crippen molar-refractivity contribution in [1.29, 1.82) is 0 Å². The first kappa shape index (κ1) is 23.7. The summed E-state index contributed by atoms with van der Waals surface area (Å²) in [5, 5.41) is 2.30. The first-order valence-corrected chi connectivity index (χ1v) is 10.2. The highest BCUT2D eigenvalue weighted by Gasteiger charge is 2.52. The van der Waals surface area contributed by atoms with Crippen LogP contribution in [-0.4, -0.2) is 49.6 Å². The summed E-state index contributed by atoms with van der Waals surface area (Å²) in [5.41, 5.74) is -0.977. The van der Waals surface area contributed by atoms with Crippen LogP contribution in [0.25, 0.3) is 0 Å². The van der Waals surface area contributed by atoms with E-state index in [9.17, 15) is 27.6 Å². The molecule has 35 heavy (non-hydrogen) atoms. The Bertz CT molecular complexity index is 1260. The highest BCUT2D eigenvalue weighted by atomic mass is 19.4. The molecule has 182 valence electrons. The van der Waals surface area contributed by atoms with Gasteiger partial charge >= 0.3 is 12.4 Å². The van der Waals surface area contributed by atoms with Gasteiger partial charge in [-0.15, -0.1) is 13.2 Å². The number of aromatic amines is 1. The number of H-pyrrole nitrogens is 1. The number of aromatic nitrogens is 3.